The molecular weight excluding hydrogens is 293 g/mol. The highest BCUT2D eigenvalue weighted by Crippen LogP contribution is 2.26. The molecule has 0 fully saturated rings. The van der Waals surface area contributed by atoms with Crippen molar-refractivity contribution in [3.05, 3.63) is 58.4 Å². The van der Waals surface area contributed by atoms with Crippen molar-refractivity contribution in [3.63, 3.8) is 0 Å². The molecule has 0 aliphatic heterocycles. The van der Waals surface area contributed by atoms with Crippen LogP contribution in [0.25, 0.3) is 0 Å². The maximum Gasteiger partial charge on any atom is 0.257 e. The summed E-state index contributed by atoms with van der Waals surface area (Å²) < 4.78 is 39.9. The zero-order valence-electron chi connectivity index (χ0n) is 9.88. The summed E-state index contributed by atoms with van der Waals surface area (Å²) in [5.41, 5.74) is 4.56. The van der Waals surface area contributed by atoms with Crippen LogP contribution >= 0.6 is 11.6 Å². The molecule has 0 unspecified atom stereocenters. The second kappa shape index (κ2) is 5.42. The quantitative estimate of drug-likeness (QED) is 0.833. The van der Waals surface area contributed by atoms with E-state index in [4.69, 9.17) is 17.3 Å². The number of nitrogens with two attached hydrogens (primary N) is 1. The normalized spacial score (nSPS) is 10.4. The van der Waals surface area contributed by atoms with Crippen LogP contribution in [0.5, 0.6) is 0 Å². The van der Waals surface area contributed by atoms with Gasteiger partial charge in [0.25, 0.3) is 5.91 Å². The van der Waals surface area contributed by atoms with E-state index < -0.39 is 34.1 Å². The molecule has 2 aromatic carbocycles. The van der Waals surface area contributed by atoms with Crippen LogP contribution in [0.3, 0.4) is 0 Å². The SMILES string of the molecule is Nc1ccc(F)c(F)c1NC(=O)c1cccc(F)c1Cl. The van der Waals surface area contributed by atoms with Crippen LogP contribution < -0.4 is 11.1 Å². The first-order valence-corrected chi connectivity index (χ1v) is 5.78. The molecule has 1 amide bonds. The minimum atomic E-state index is -1.30. The molecule has 2 aromatic rings. The van der Waals surface area contributed by atoms with Gasteiger partial charge >= 0.3 is 0 Å². The van der Waals surface area contributed by atoms with Crippen molar-refractivity contribution in [2.24, 2.45) is 0 Å². The fourth-order valence-electron chi connectivity index (χ4n) is 1.55. The van der Waals surface area contributed by atoms with Gasteiger partial charge in [0, 0.05) is 0 Å². The van der Waals surface area contributed by atoms with Gasteiger partial charge in [-0.05, 0) is 24.3 Å². The predicted molar refractivity (Wildman–Crippen MR) is 70.1 cm³/mol. The predicted octanol–water partition coefficient (Wildman–Crippen LogP) is 3.59. The number of benzene rings is 2. The third-order valence-electron chi connectivity index (χ3n) is 2.56. The summed E-state index contributed by atoms with van der Waals surface area (Å²) in [6, 6.07) is 5.50. The largest absolute Gasteiger partial charge is 0.397 e. The third-order valence-corrected chi connectivity index (χ3v) is 2.95. The van der Waals surface area contributed by atoms with Crippen LogP contribution in [0.2, 0.25) is 5.02 Å². The van der Waals surface area contributed by atoms with E-state index in [0.29, 0.717) is 0 Å². The molecule has 0 atom stereocenters. The van der Waals surface area contributed by atoms with Crippen LogP contribution in [-0.2, 0) is 0 Å². The molecule has 0 aliphatic carbocycles. The number of nitrogen functional groups attached to an aromatic ring is 1. The number of hydrogen-bond acceptors (Lipinski definition) is 2. The smallest absolute Gasteiger partial charge is 0.257 e. The van der Waals surface area contributed by atoms with Crippen molar-refractivity contribution in [2.75, 3.05) is 11.1 Å². The van der Waals surface area contributed by atoms with Crippen LogP contribution in [0.4, 0.5) is 24.5 Å². The second-order valence-corrected chi connectivity index (χ2v) is 4.26. The van der Waals surface area contributed by atoms with Gasteiger partial charge in [-0.15, -0.1) is 0 Å². The van der Waals surface area contributed by atoms with Crippen molar-refractivity contribution in [2.45, 2.75) is 0 Å². The molecule has 7 heteroatoms. The van der Waals surface area contributed by atoms with Gasteiger partial charge in [0.1, 0.15) is 11.5 Å². The van der Waals surface area contributed by atoms with Crippen LogP contribution in [0.1, 0.15) is 10.4 Å². The molecule has 0 heterocycles. The standard InChI is InChI=1S/C13H8ClF3N2O/c14-10-6(2-1-3-7(10)15)13(20)19-12-9(18)5-4-8(16)11(12)17/h1-5H,18H2,(H,19,20). The Morgan fingerprint density at radius 3 is 2.50 bits per heavy atom. The Morgan fingerprint density at radius 1 is 1.10 bits per heavy atom. The van der Waals surface area contributed by atoms with E-state index in [1.165, 1.54) is 12.1 Å². The summed E-state index contributed by atoms with van der Waals surface area (Å²) in [6.07, 6.45) is 0. The monoisotopic (exact) mass is 300 g/mol. The molecule has 0 aliphatic rings. The van der Waals surface area contributed by atoms with Gasteiger partial charge in [-0.1, -0.05) is 17.7 Å². The zero-order valence-corrected chi connectivity index (χ0v) is 10.6. The lowest BCUT2D eigenvalue weighted by Crippen LogP contribution is -2.16. The van der Waals surface area contributed by atoms with Gasteiger partial charge in [0.05, 0.1) is 16.3 Å². The Bertz CT molecular complexity index is 692. The average Bonchev–Trinajstić information content (AvgIpc) is 2.42. The fourth-order valence-corrected chi connectivity index (χ4v) is 1.76. The van der Waals surface area contributed by atoms with Crippen LogP contribution in [-0.4, -0.2) is 5.91 Å². The molecule has 104 valence electrons. The molecule has 0 spiro atoms. The molecular formula is C13H8ClF3N2O. The van der Waals surface area contributed by atoms with E-state index in [-0.39, 0.29) is 11.3 Å². The maximum atomic E-state index is 13.5. The Hall–Kier alpha value is -2.21. The number of nitrogens with one attached hydrogen (secondary N) is 1. The zero-order chi connectivity index (χ0) is 14.9. The summed E-state index contributed by atoms with van der Waals surface area (Å²) in [6.45, 7) is 0. The molecule has 0 aromatic heterocycles. The fraction of sp³-hybridized carbons (Fsp3) is 0. The average molecular weight is 301 g/mol. The summed E-state index contributed by atoms with van der Waals surface area (Å²) >= 11 is 5.63. The summed E-state index contributed by atoms with van der Waals surface area (Å²) in [5.74, 6) is -4.16. The van der Waals surface area contributed by atoms with Gasteiger partial charge < -0.3 is 11.1 Å². The number of rotatable bonds is 2. The first-order chi connectivity index (χ1) is 9.41. The minimum absolute atomic E-state index is 0.162. The number of halogens is 4. The van der Waals surface area contributed by atoms with E-state index in [2.05, 4.69) is 5.32 Å². The van der Waals surface area contributed by atoms with Crippen molar-refractivity contribution in [3.8, 4) is 0 Å². The number of anilines is 2. The van der Waals surface area contributed by atoms with Gasteiger partial charge in [-0.2, -0.15) is 0 Å². The van der Waals surface area contributed by atoms with Crippen molar-refractivity contribution in [1.82, 2.24) is 0 Å². The Labute approximate surface area is 117 Å². The summed E-state index contributed by atoms with van der Waals surface area (Å²) in [5, 5.41) is 1.66. The van der Waals surface area contributed by atoms with E-state index in [0.717, 1.165) is 18.2 Å². The van der Waals surface area contributed by atoms with E-state index in [1.54, 1.807) is 0 Å². The number of carbonyl (C=O) groups is 1. The molecule has 0 saturated carbocycles. The highest BCUT2D eigenvalue weighted by atomic mass is 35.5. The van der Waals surface area contributed by atoms with Gasteiger partial charge in [0.15, 0.2) is 11.6 Å². The first kappa shape index (κ1) is 14.2. The number of hydrogen-bond donors (Lipinski definition) is 2. The Balaban J connectivity index is 2.38. The van der Waals surface area contributed by atoms with Gasteiger partial charge in [0.2, 0.25) is 0 Å². The summed E-state index contributed by atoms with van der Waals surface area (Å²) in [7, 11) is 0. The number of carbonyl (C=O) groups excluding carboxylic acids is 1. The highest BCUT2D eigenvalue weighted by molar-refractivity contribution is 6.34. The second-order valence-electron chi connectivity index (χ2n) is 3.88. The topological polar surface area (TPSA) is 55.1 Å². The van der Waals surface area contributed by atoms with Crippen molar-refractivity contribution in [1.29, 1.82) is 0 Å². The van der Waals surface area contributed by atoms with Crippen LogP contribution in [0.15, 0.2) is 30.3 Å². The lowest BCUT2D eigenvalue weighted by Gasteiger charge is -2.10. The van der Waals surface area contributed by atoms with E-state index in [9.17, 15) is 18.0 Å². The highest BCUT2D eigenvalue weighted by Gasteiger charge is 2.18. The van der Waals surface area contributed by atoms with E-state index >= 15 is 0 Å². The van der Waals surface area contributed by atoms with Gasteiger partial charge in [-0.3, -0.25) is 4.79 Å². The third kappa shape index (κ3) is 2.55. The molecule has 3 N–H and O–H groups in total. The molecule has 0 radical (unpaired) electrons. The first-order valence-electron chi connectivity index (χ1n) is 5.40. The Kier molecular flexibility index (Phi) is 3.85. The minimum Gasteiger partial charge on any atom is -0.397 e. The lowest BCUT2D eigenvalue weighted by atomic mass is 10.2. The molecule has 2 rings (SSSR count). The van der Waals surface area contributed by atoms with E-state index in [1.807, 2.05) is 0 Å². The maximum absolute atomic E-state index is 13.5. The molecule has 0 saturated heterocycles. The summed E-state index contributed by atoms with van der Waals surface area (Å²) in [4.78, 5) is 11.9. The molecule has 0 bridgehead atoms. The lowest BCUT2D eigenvalue weighted by molar-refractivity contribution is 0.102. The van der Waals surface area contributed by atoms with Gasteiger partial charge in [-0.25, -0.2) is 13.2 Å². The molecule has 20 heavy (non-hydrogen) atoms. The van der Waals surface area contributed by atoms with Crippen LogP contribution in [0, 0.1) is 17.5 Å². The van der Waals surface area contributed by atoms with Crippen molar-refractivity contribution < 1.29 is 18.0 Å². The number of amides is 1. The van der Waals surface area contributed by atoms with Crippen molar-refractivity contribution >= 4 is 28.9 Å². The Morgan fingerprint density at radius 2 is 1.80 bits per heavy atom. The molecule has 3 nitrogen and oxygen atoms in total.